The molecule has 0 aliphatic heterocycles. The Balaban J connectivity index is 3.92. The molecule has 10 heavy (non-hydrogen) atoms. The lowest BCUT2D eigenvalue weighted by Crippen LogP contribution is -2.31. The van der Waals surface area contributed by atoms with Crippen LogP contribution in [0.15, 0.2) is 0 Å². The van der Waals surface area contributed by atoms with Gasteiger partial charge in [0.2, 0.25) is 0 Å². The molecule has 56 valence electrons. The maximum atomic E-state index is 10.5. The van der Waals surface area contributed by atoms with Crippen LogP contribution in [0.2, 0.25) is 0 Å². The SMILES string of the molecule is CNC(=O)OC(C)(C)C#N. The number of hydrogen-bond acceptors (Lipinski definition) is 3. The van der Waals surface area contributed by atoms with Gasteiger partial charge in [-0.15, -0.1) is 0 Å². The van der Waals surface area contributed by atoms with E-state index >= 15 is 0 Å². The summed E-state index contributed by atoms with van der Waals surface area (Å²) in [4.78, 5) is 10.5. The van der Waals surface area contributed by atoms with E-state index < -0.39 is 11.7 Å². The van der Waals surface area contributed by atoms with Gasteiger partial charge >= 0.3 is 6.09 Å². The van der Waals surface area contributed by atoms with Crippen LogP contribution in [-0.4, -0.2) is 18.7 Å². The Morgan fingerprint density at radius 3 is 2.50 bits per heavy atom. The number of hydrogen-bond donors (Lipinski definition) is 1. The Morgan fingerprint density at radius 2 is 2.20 bits per heavy atom. The Labute approximate surface area is 59.8 Å². The average Bonchev–Trinajstić information content (AvgIpc) is 1.87. The minimum absolute atomic E-state index is 0.591. The van der Waals surface area contributed by atoms with Crippen molar-refractivity contribution in [2.45, 2.75) is 19.4 Å². The van der Waals surface area contributed by atoms with E-state index in [0.717, 1.165) is 0 Å². The molecule has 0 saturated carbocycles. The molecule has 0 atom stereocenters. The van der Waals surface area contributed by atoms with Crippen LogP contribution in [0.4, 0.5) is 4.79 Å². The summed E-state index contributed by atoms with van der Waals surface area (Å²) in [5, 5.41) is 10.6. The van der Waals surface area contributed by atoms with Gasteiger partial charge in [0.25, 0.3) is 0 Å². The minimum Gasteiger partial charge on any atom is -0.428 e. The van der Waals surface area contributed by atoms with Gasteiger partial charge < -0.3 is 10.1 Å². The van der Waals surface area contributed by atoms with E-state index in [-0.39, 0.29) is 0 Å². The molecule has 0 rings (SSSR count). The number of amides is 1. The van der Waals surface area contributed by atoms with Crippen molar-refractivity contribution >= 4 is 6.09 Å². The van der Waals surface area contributed by atoms with E-state index in [0.29, 0.717) is 0 Å². The second-order valence-electron chi connectivity index (χ2n) is 2.26. The molecule has 0 aromatic rings. The molecule has 1 N–H and O–H groups in total. The molecule has 0 saturated heterocycles. The van der Waals surface area contributed by atoms with Gasteiger partial charge in [-0.2, -0.15) is 5.26 Å². The molecule has 0 radical (unpaired) electrons. The number of nitriles is 1. The number of alkyl carbamates (subject to hydrolysis) is 1. The number of carbonyl (C=O) groups excluding carboxylic acids is 1. The minimum atomic E-state index is -1.04. The molecule has 0 aromatic heterocycles. The lowest BCUT2D eigenvalue weighted by Gasteiger charge is -2.15. The van der Waals surface area contributed by atoms with Crippen molar-refractivity contribution in [3.63, 3.8) is 0 Å². The molecule has 0 aliphatic rings. The Kier molecular flexibility index (Phi) is 2.68. The first-order valence-electron chi connectivity index (χ1n) is 2.84. The third kappa shape index (κ3) is 2.92. The zero-order valence-corrected chi connectivity index (χ0v) is 6.26. The van der Waals surface area contributed by atoms with Crippen LogP contribution < -0.4 is 5.32 Å². The molecule has 0 heterocycles. The molecule has 0 aliphatic carbocycles. The van der Waals surface area contributed by atoms with Crippen LogP contribution in [0.25, 0.3) is 0 Å². The Bertz CT molecular complexity index is 169. The average molecular weight is 142 g/mol. The third-order valence-corrected chi connectivity index (χ3v) is 0.821. The van der Waals surface area contributed by atoms with Gasteiger partial charge in [-0.1, -0.05) is 0 Å². The zero-order valence-electron chi connectivity index (χ0n) is 6.26. The van der Waals surface area contributed by atoms with Crippen molar-refractivity contribution < 1.29 is 9.53 Å². The first kappa shape index (κ1) is 8.76. The second-order valence-corrected chi connectivity index (χ2v) is 2.26. The molecular weight excluding hydrogens is 132 g/mol. The van der Waals surface area contributed by atoms with E-state index in [1.165, 1.54) is 20.9 Å². The molecule has 1 amide bonds. The standard InChI is InChI=1S/C6H10N2O2/c1-6(2,4-7)10-5(9)8-3/h1-3H3,(H,8,9). The molecule has 0 bridgehead atoms. The molecule has 0 aromatic carbocycles. The quantitative estimate of drug-likeness (QED) is 0.584. The third-order valence-electron chi connectivity index (χ3n) is 0.821. The van der Waals surface area contributed by atoms with Crippen LogP contribution >= 0.6 is 0 Å². The van der Waals surface area contributed by atoms with Crippen molar-refractivity contribution in [3.05, 3.63) is 0 Å². The summed E-state index contributed by atoms with van der Waals surface area (Å²) < 4.78 is 4.62. The molecular formula is C6H10N2O2. The predicted molar refractivity (Wildman–Crippen MR) is 35.2 cm³/mol. The normalized spacial score (nSPS) is 9.80. The number of rotatable bonds is 1. The van der Waals surface area contributed by atoms with Gasteiger partial charge in [0, 0.05) is 7.05 Å². The fourth-order valence-corrected chi connectivity index (χ4v) is 0.306. The summed E-state index contributed by atoms with van der Waals surface area (Å²) in [5.41, 5.74) is -1.04. The molecule has 0 fully saturated rings. The lowest BCUT2D eigenvalue weighted by molar-refractivity contribution is 0.0785. The summed E-state index contributed by atoms with van der Waals surface area (Å²) in [6.45, 7) is 3.03. The fourth-order valence-electron chi connectivity index (χ4n) is 0.306. The lowest BCUT2D eigenvalue weighted by atomic mass is 10.2. The highest BCUT2D eigenvalue weighted by molar-refractivity contribution is 5.67. The van der Waals surface area contributed by atoms with Gasteiger partial charge in [0.15, 0.2) is 5.60 Å². The predicted octanol–water partition coefficient (Wildman–Crippen LogP) is 0.645. The fraction of sp³-hybridized carbons (Fsp3) is 0.667. The van der Waals surface area contributed by atoms with E-state index in [1.54, 1.807) is 0 Å². The summed E-state index contributed by atoms with van der Waals surface area (Å²) >= 11 is 0. The van der Waals surface area contributed by atoms with Crippen LogP contribution in [0.1, 0.15) is 13.8 Å². The van der Waals surface area contributed by atoms with Gasteiger partial charge in [-0.3, -0.25) is 0 Å². The van der Waals surface area contributed by atoms with Gasteiger partial charge in [0.1, 0.15) is 6.07 Å². The van der Waals surface area contributed by atoms with E-state index in [1.807, 2.05) is 6.07 Å². The largest absolute Gasteiger partial charge is 0.428 e. The number of carbonyl (C=O) groups is 1. The molecule has 0 spiro atoms. The van der Waals surface area contributed by atoms with Crippen LogP contribution in [-0.2, 0) is 4.74 Å². The van der Waals surface area contributed by atoms with E-state index in [2.05, 4.69) is 10.1 Å². The summed E-state index contributed by atoms with van der Waals surface area (Å²) in [7, 11) is 1.44. The first-order valence-corrected chi connectivity index (χ1v) is 2.84. The van der Waals surface area contributed by atoms with Crippen molar-refractivity contribution in [1.29, 1.82) is 5.26 Å². The van der Waals surface area contributed by atoms with E-state index in [9.17, 15) is 4.79 Å². The maximum Gasteiger partial charge on any atom is 0.408 e. The number of nitrogens with zero attached hydrogens (tertiary/aromatic N) is 1. The second kappa shape index (κ2) is 3.06. The Hall–Kier alpha value is -1.24. The highest BCUT2D eigenvalue weighted by Crippen LogP contribution is 2.05. The monoisotopic (exact) mass is 142 g/mol. The highest BCUT2D eigenvalue weighted by Gasteiger charge is 2.20. The van der Waals surface area contributed by atoms with Crippen molar-refractivity contribution in [2.75, 3.05) is 7.05 Å². The topological polar surface area (TPSA) is 62.1 Å². The molecule has 0 unspecified atom stereocenters. The highest BCUT2D eigenvalue weighted by atomic mass is 16.6. The summed E-state index contributed by atoms with van der Waals surface area (Å²) in [5.74, 6) is 0. The van der Waals surface area contributed by atoms with E-state index in [4.69, 9.17) is 5.26 Å². The summed E-state index contributed by atoms with van der Waals surface area (Å²) in [6.07, 6.45) is -0.591. The van der Waals surface area contributed by atoms with Gasteiger partial charge in [-0.05, 0) is 13.8 Å². The van der Waals surface area contributed by atoms with Gasteiger partial charge in [-0.25, -0.2) is 4.79 Å². The van der Waals surface area contributed by atoms with Crippen LogP contribution in [0.3, 0.4) is 0 Å². The van der Waals surface area contributed by atoms with Crippen molar-refractivity contribution in [1.82, 2.24) is 5.32 Å². The number of ether oxygens (including phenoxy) is 1. The van der Waals surface area contributed by atoms with Crippen LogP contribution in [0, 0.1) is 11.3 Å². The first-order chi connectivity index (χ1) is 4.52. The molecule has 4 heteroatoms. The van der Waals surface area contributed by atoms with Gasteiger partial charge in [0.05, 0.1) is 0 Å². The summed E-state index contributed by atoms with van der Waals surface area (Å²) in [6, 6.07) is 1.82. The van der Waals surface area contributed by atoms with Crippen LogP contribution in [0.5, 0.6) is 0 Å². The zero-order chi connectivity index (χ0) is 8.20. The smallest absolute Gasteiger partial charge is 0.408 e. The molecule has 4 nitrogen and oxygen atoms in total. The Morgan fingerprint density at radius 1 is 1.70 bits per heavy atom. The number of nitrogens with one attached hydrogen (secondary N) is 1. The van der Waals surface area contributed by atoms with Crippen molar-refractivity contribution in [3.8, 4) is 6.07 Å². The maximum absolute atomic E-state index is 10.5. The van der Waals surface area contributed by atoms with Crippen molar-refractivity contribution in [2.24, 2.45) is 0 Å².